The molecule has 2 saturated carbocycles. The van der Waals surface area contributed by atoms with Gasteiger partial charge in [-0.05, 0) is 37.5 Å². The zero-order valence-corrected chi connectivity index (χ0v) is 12.1. The zero-order valence-electron chi connectivity index (χ0n) is 11.4. The van der Waals surface area contributed by atoms with Gasteiger partial charge in [-0.3, -0.25) is 0 Å². The average Bonchev–Trinajstić information content (AvgIpc) is 2.42. The molecule has 3 rings (SSSR count). The Labute approximate surface area is 119 Å². The summed E-state index contributed by atoms with van der Waals surface area (Å²) in [6.07, 6.45) is 6.54. The summed E-state index contributed by atoms with van der Waals surface area (Å²) >= 11 is 6.23. The van der Waals surface area contributed by atoms with E-state index in [0.29, 0.717) is 5.02 Å². The second kappa shape index (κ2) is 4.99. The maximum absolute atomic E-state index is 10.2. The Morgan fingerprint density at radius 3 is 2.63 bits per heavy atom. The largest absolute Gasteiger partial charge is 0.488 e. The monoisotopic (exact) mass is 280 g/mol. The van der Waals surface area contributed by atoms with E-state index < -0.39 is 0 Å². The van der Waals surface area contributed by atoms with Crippen LogP contribution in [0.1, 0.15) is 44.1 Å². The van der Waals surface area contributed by atoms with Crippen molar-refractivity contribution in [2.45, 2.75) is 57.7 Å². The molecule has 1 spiro atoms. The van der Waals surface area contributed by atoms with Crippen molar-refractivity contribution in [2.75, 3.05) is 0 Å². The van der Waals surface area contributed by atoms with Crippen LogP contribution in [0.4, 0.5) is 0 Å². The lowest BCUT2D eigenvalue weighted by molar-refractivity contribution is -0.172. The fraction of sp³-hybridized carbons (Fsp3) is 0.625. The molecule has 0 aliphatic heterocycles. The molecule has 2 aliphatic rings. The number of hydrogen-bond donors (Lipinski definition) is 1. The maximum atomic E-state index is 10.2. The Kier molecular flexibility index (Phi) is 3.48. The summed E-state index contributed by atoms with van der Waals surface area (Å²) in [4.78, 5) is 0. The van der Waals surface area contributed by atoms with Gasteiger partial charge in [0.15, 0.2) is 0 Å². The van der Waals surface area contributed by atoms with Crippen LogP contribution < -0.4 is 4.74 Å². The molecule has 1 aromatic rings. The van der Waals surface area contributed by atoms with Crippen molar-refractivity contribution >= 4 is 11.6 Å². The molecule has 2 atom stereocenters. The minimum atomic E-state index is -0.193. The Hall–Kier alpha value is -0.730. The lowest BCUT2D eigenvalue weighted by atomic mass is 9.56. The van der Waals surface area contributed by atoms with Crippen LogP contribution in [0.5, 0.6) is 5.75 Å². The molecular formula is C16H21ClO2. The molecular weight excluding hydrogens is 260 g/mol. The van der Waals surface area contributed by atoms with Gasteiger partial charge in [0.25, 0.3) is 0 Å². The second-order valence-corrected chi connectivity index (χ2v) is 6.49. The fourth-order valence-corrected chi connectivity index (χ4v) is 3.89. The van der Waals surface area contributed by atoms with Gasteiger partial charge in [-0.2, -0.15) is 0 Å². The number of aliphatic hydroxyl groups is 1. The van der Waals surface area contributed by atoms with Crippen LogP contribution in [-0.2, 0) is 0 Å². The zero-order chi connectivity index (χ0) is 13.5. The van der Waals surface area contributed by atoms with Gasteiger partial charge in [0.1, 0.15) is 11.9 Å². The molecule has 104 valence electrons. The highest BCUT2D eigenvalue weighted by Crippen LogP contribution is 2.53. The van der Waals surface area contributed by atoms with Gasteiger partial charge in [0.05, 0.1) is 11.1 Å². The summed E-state index contributed by atoms with van der Waals surface area (Å²) in [6.45, 7) is 2.02. The van der Waals surface area contributed by atoms with Crippen molar-refractivity contribution in [1.82, 2.24) is 0 Å². The molecule has 3 heteroatoms. The standard InChI is InChI=1S/C16H21ClO2/c1-11-5-6-13(12(17)9-11)19-15-10-14(18)16(15)7-3-2-4-8-16/h5-6,9,14-15,18H,2-4,7-8,10H2,1H3. The molecule has 1 aromatic carbocycles. The number of ether oxygens (including phenoxy) is 1. The first-order chi connectivity index (χ1) is 9.12. The predicted octanol–water partition coefficient (Wildman–Crippen LogP) is 4.11. The number of rotatable bonds is 2. The third-order valence-corrected chi connectivity index (χ3v) is 5.18. The quantitative estimate of drug-likeness (QED) is 0.883. The Balaban J connectivity index is 1.76. The molecule has 0 saturated heterocycles. The van der Waals surface area contributed by atoms with Crippen molar-refractivity contribution in [2.24, 2.45) is 5.41 Å². The first-order valence-electron chi connectivity index (χ1n) is 7.23. The van der Waals surface area contributed by atoms with E-state index in [0.717, 1.165) is 30.6 Å². The van der Waals surface area contributed by atoms with E-state index in [9.17, 15) is 5.11 Å². The Morgan fingerprint density at radius 2 is 2.00 bits per heavy atom. The van der Waals surface area contributed by atoms with Crippen molar-refractivity contribution in [3.8, 4) is 5.75 Å². The van der Waals surface area contributed by atoms with Crippen molar-refractivity contribution < 1.29 is 9.84 Å². The van der Waals surface area contributed by atoms with Crippen molar-refractivity contribution in [1.29, 1.82) is 0 Å². The summed E-state index contributed by atoms with van der Waals surface area (Å²) in [7, 11) is 0. The van der Waals surface area contributed by atoms with E-state index in [-0.39, 0.29) is 17.6 Å². The van der Waals surface area contributed by atoms with E-state index in [1.165, 1.54) is 19.3 Å². The summed E-state index contributed by atoms with van der Waals surface area (Å²) in [5.74, 6) is 0.758. The lowest BCUT2D eigenvalue weighted by Crippen LogP contribution is -2.60. The number of aliphatic hydroxyl groups excluding tert-OH is 1. The molecule has 2 nitrogen and oxygen atoms in total. The van der Waals surface area contributed by atoms with E-state index >= 15 is 0 Å². The van der Waals surface area contributed by atoms with E-state index in [4.69, 9.17) is 16.3 Å². The highest BCUT2D eigenvalue weighted by molar-refractivity contribution is 6.32. The van der Waals surface area contributed by atoms with E-state index in [1.807, 2.05) is 25.1 Å². The van der Waals surface area contributed by atoms with E-state index in [1.54, 1.807) is 0 Å². The molecule has 1 N–H and O–H groups in total. The van der Waals surface area contributed by atoms with Crippen LogP contribution in [0, 0.1) is 12.3 Å². The smallest absolute Gasteiger partial charge is 0.138 e. The Bertz CT molecular complexity index is 466. The molecule has 0 aromatic heterocycles. The molecule has 2 fully saturated rings. The van der Waals surface area contributed by atoms with Crippen LogP contribution >= 0.6 is 11.6 Å². The average molecular weight is 281 g/mol. The van der Waals surface area contributed by atoms with Gasteiger partial charge in [0, 0.05) is 11.8 Å². The van der Waals surface area contributed by atoms with Gasteiger partial charge in [0.2, 0.25) is 0 Å². The highest BCUT2D eigenvalue weighted by Gasteiger charge is 2.56. The lowest BCUT2D eigenvalue weighted by Gasteiger charge is -2.55. The number of benzene rings is 1. The van der Waals surface area contributed by atoms with Crippen molar-refractivity contribution in [3.63, 3.8) is 0 Å². The van der Waals surface area contributed by atoms with Crippen LogP contribution in [0.3, 0.4) is 0 Å². The van der Waals surface area contributed by atoms with Crippen LogP contribution in [0.15, 0.2) is 18.2 Å². The summed E-state index contributed by atoms with van der Waals surface area (Å²) in [5.41, 5.74) is 1.13. The molecule has 2 unspecified atom stereocenters. The van der Waals surface area contributed by atoms with Gasteiger partial charge < -0.3 is 9.84 Å². The number of aryl methyl sites for hydroxylation is 1. The van der Waals surface area contributed by atoms with Gasteiger partial charge >= 0.3 is 0 Å². The van der Waals surface area contributed by atoms with Gasteiger partial charge in [-0.15, -0.1) is 0 Å². The minimum Gasteiger partial charge on any atom is -0.488 e. The fourth-order valence-electron chi connectivity index (χ4n) is 3.61. The van der Waals surface area contributed by atoms with Crippen LogP contribution in [0.2, 0.25) is 5.02 Å². The van der Waals surface area contributed by atoms with E-state index in [2.05, 4.69) is 0 Å². The normalized spacial score (nSPS) is 29.0. The summed E-state index contributed by atoms with van der Waals surface area (Å²) < 4.78 is 6.11. The first kappa shape index (κ1) is 13.3. The number of hydrogen-bond acceptors (Lipinski definition) is 2. The van der Waals surface area contributed by atoms with Gasteiger partial charge in [-0.25, -0.2) is 0 Å². The first-order valence-corrected chi connectivity index (χ1v) is 7.60. The molecule has 0 amide bonds. The van der Waals surface area contributed by atoms with Crippen LogP contribution in [0.25, 0.3) is 0 Å². The third kappa shape index (κ3) is 2.25. The molecule has 19 heavy (non-hydrogen) atoms. The van der Waals surface area contributed by atoms with Crippen LogP contribution in [-0.4, -0.2) is 17.3 Å². The summed E-state index contributed by atoms with van der Waals surface area (Å²) in [5, 5.41) is 10.8. The SMILES string of the molecule is Cc1ccc(OC2CC(O)C23CCCCC3)c(Cl)c1. The van der Waals surface area contributed by atoms with Gasteiger partial charge in [-0.1, -0.05) is 36.9 Å². The number of halogens is 1. The van der Waals surface area contributed by atoms with Crippen molar-refractivity contribution in [3.05, 3.63) is 28.8 Å². The third-order valence-electron chi connectivity index (χ3n) is 4.88. The maximum Gasteiger partial charge on any atom is 0.138 e. The molecule has 0 radical (unpaired) electrons. The predicted molar refractivity (Wildman–Crippen MR) is 76.7 cm³/mol. The second-order valence-electron chi connectivity index (χ2n) is 6.09. The highest BCUT2D eigenvalue weighted by atomic mass is 35.5. The molecule has 0 bridgehead atoms. The Morgan fingerprint density at radius 1 is 1.26 bits per heavy atom. The topological polar surface area (TPSA) is 29.5 Å². The summed E-state index contributed by atoms with van der Waals surface area (Å²) in [6, 6.07) is 5.89. The minimum absolute atomic E-state index is 0.00748. The molecule has 0 heterocycles. The molecule has 2 aliphatic carbocycles.